The first-order valence-electron chi connectivity index (χ1n) is 10.3. The Morgan fingerprint density at radius 3 is 2.29 bits per heavy atom. The lowest BCUT2D eigenvalue weighted by molar-refractivity contribution is 0.415. The highest BCUT2D eigenvalue weighted by molar-refractivity contribution is 5.80. The molecular weight excluding hydrogens is 391 g/mol. The molecule has 0 amide bonds. The zero-order valence-electron chi connectivity index (χ0n) is 17.7. The van der Waals surface area contributed by atoms with Gasteiger partial charge in [0.15, 0.2) is 0 Å². The van der Waals surface area contributed by atoms with Gasteiger partial charge >= 0.3 is 0 Å². The van der Waals surface area contributed by atoms with Crippen LogP contribution in [0.15, 0.2) is 77.6 Å². The molecule has 158 valence electrons. The first kappa shape index (κ1) is 20.7. The van der Waals surface area contributed by atoms with Crippen molar-refractivity contribution in [3.05, 3.63) is 106 Å². The number of anilines is 1. The smallest absolute Gasteiger partial charge is 0.253 e. The maximum absolute atomic E-state index is 13.4. The quantitative estimate of drug-likeness (QED) is 0.436. The third kappa shape index (κ3) is 4.77. The molecule has 0 unspecified atom stereocenters. The van der Waals surface area contributed by atoms with Gasteiger partial charge in [-0.25, -0.2) is 4.39 Å². The molecule has 4 rings (SSSR count). The average Bonchev–Trinajstić information content (AvgIpc) is 2.80. The molecule has 31 heavy (non-hydrogen) atoms. The molecule has 1 aromatic heterocycles. The van der Waals surface area contributed by atoms with Crippen LogP contribution in [-0.2, 0) is 19.5 Å². The number of fused-ring (bicyclic) bond motifs is 1. The lowest BCUT2D eigenvalue weighted by Gasteiger charge is -2.25. The summed E-state index contributed by atoms with van der Waals surface area (Å²) in [6, 6.07) is 22.4. The van der Waals surface area contributed by atoms with Gasteiger partial charge in [0.25, 0.3) is 5.56 Å². The summed E-state index contributed by atoms with van der Waals surface area (Å²) in [6.45, 7) is 3.11. The van der Waals surface area contributed by atoms with Crippen molar-refractivity contribution in [1.82, 2.24) is 4.98 Å². The van der Waals surface area contributed by atoms with E-state index in [-0.39, 0.29) is 11.4 Å². The van der Waals surface area contributed by atoms with E-state index >= 15 is 0 Å². The summed E-state index contributed by atoms with van der Waals surface area (Å²) in [5.74, 6) is 0.439. The minimum atomic E-state index is -0.260. The second kappa shape index (κ2) is 9.04. The molecule has 0 aliphatic carbocycles. The van der Waals surface area contributed by atoms with E-state index in [1.807, 2.05) is 24.3 Å². The fourth-order valence-electron chi connectivity index (χ4n) is 3.67. The van der Waals surface area contributed by atoms with Crippen LogP contribution in [0.4, 0.5) is 10.1 Å². The second-order valence-corrected chi connectivity index (χ2v) is 7.58. The van der Waals surface area contributed by atoms with Crippen molar-refractivity contribution < 1.29 is 9.13 Å². The number of benzene rings is 3. The maximum atomic E-state index is 13.4. The number of nitrogens with one attached hydrogen (secondary N) is 1. The van der Waals surface area contributed by atoms with E-state index in [0.717, 1.165) is 28.6 Å². The van der Waals surface area contributed by atoms with Crippen LogP contribution >= 0.6 is 0 Å². The minimum absolute atomic E-state index is 0.130. The summed E-state index contributed by atoms with van der Waals surface area (Å²) in [6.07, 6.45) is 0.964. The predicted molar refractivity (Wildman–Crippen MR) is 123 cm³/mol. The second-order valence-electron chi connectivity index (χ2n) is 7.58. The number of rotatable bonds is 7. The largest absolute Gasteiger partial charge is 0.497 e. The van der Waals surface area contributed by atoms with E-state index < -0.39 is 0 Å². The van der Waals surface area contributed by atoms with Crippen molar-refractivity contribution in [3.63, 3.8) is 0 Å². The monoisotopic (exact) mass is 416 g/mol. The van der Waals surface area contributed by atoms with Gasteiger partial charge in [-0.05, 0) is 65.4 Å². The van der Waals surface area contributed by atoms with Crippen LogP contribution in [-0.4, -0.2) is 12.1 Å². The van der Waals surface area contributed by atoms with Crippen molar-refractivity contribution in [3.8, 4) is 5.75 Å². The summed E-state index contributed by atoms with van der Waals surface area (Å²) in [5, 5.41) is 0.943. The third-order valence-corrected chi connectivity index (χ3v) is 5.49. The van der Waals surface area contributed by atoms with Crippen molar-refractivity contribution in [2.45, 2.75) is 26.4 Å². The topological polar surface area (TPSA) is 45.3 Å². The van der Waals surface area contributed by atoms with Crippen molar-refractivity contribution >= 4 is 16.6 Å². The van der Waals surface area contributed by atoms with E-state index in [0.29, 0.717) is 24.4 Å². The number of ether oxygens (including phenoxy) is 1. The molecule has 0 saturated carbocycles. The third-order valence-electron chi connectivity index (χ3n) is 5.49. The molecule has 0 aliphatic rings. The van der Waals surface area contributed by atoms with Crippen LogP contribution in [0.25, 0.3) is 10.9 Å². The molecule has 5 heteroatoms. The highest BCUT2D eigenvalue weighted by atomic mass is 19.1. The first-order chi connectivity index (χ1) is 15.1. The van der Waals surface area contributed by atoms with Gasteiger partial charge in [0.1, 0.15) is 11.6 Å². The van der Waals surface area contributed by atoms with Gasteiger partial charge in [-0.15, -0.1) is 0 Å². The van der Waals surface area contributed by atoms with Gasteiger partial charge in [0.2, 0.25) is 0 Å². The molecule has 3 aromatic carbocycles. The number of H-pyrrole nitrogens is 1. The molecule has 0 aliphatic heterocycles. The first-order valence-corrected chi connectivity index (χ1v) is 10.3. The van der Waals surface area contributed by atoms with Gasteiger partial charge in [0, 0.05) is 30.4 Å². The Balaban J connectivity index is 1.69. The van der Waals surface area contributed by atoms with Crippen molar-refractivity contribution in [2.75, 3.05) is 12.0 Å². The van der Waals surface area contributed by atoms with E-state index in [9.17, 15) is 9.18 Å². The van der Waals surface area contributed by atoms with Gasteiger partial charge in [-0.1, -0.05) is 31.2 Å². The zero-order valence-corrected chi connectivity index (χ0v) is 17.7. The number of nitrogens with zero attached hydrogens (tertiary/aromatic N) is 1. The molecule has 0 saturated heterocycles. The maximum Gasteiger partial charge on any atom is 0.253 e. The molecule has 4 nitrogen and oxygen atoms in total. The van der Waals surface area contributed by atoms with Crippen LogP contribution in [0.5, 0.6) is 5.75 Å². The molecule has 4 aromatic rings. The van der Waals surface area contributed by atoms with E-state index in [2.05, 4.69) is 41.1 Å². The molecule has 0 radical (unpaired) electrons. The van der Waals surface area contributed by atoms with E-state index in [4.69, 9.17) is 4.74 Å². The normalized spacial score (nSPS) is 10.9. The van der Waals surface area contributed by atoms with Crippen molar-refractivity contribution in [1.29, 1.82) is 0 Å². The lowest BCUT2D eigenvalue weighted by Crippen LogP contribution is -2.26. The number of hydrogen-bond acceptors (Lipinski definition) is 3. The number of aromatic nitrogens is 1. The van der Waals surface area contributed by atoms with E-state index in [1.54, 1.807) is 19.2 Å². The Bertz CT molecular complexity index is 1230. The van der Waals surface area contributed by atoms with Crippen molar-refractivity contribution in [2.24, 2.45) is 0 Å². The number of aryl methyl sites for hydroxylation is 1. The van der Waals surface area contributed by atoms with E-state index in [1.165, 1.54) is 17.7 Å². The highest BCUT2D eigenvalue weighted by Gasteiger charge is 2.13. The Kier molecular flexibility index (Phi) is 6.03. The summed E-state index contributed by atoms with van der Waals surface area (Å²) in [7, 11) is 1.60. The summed E-state index contributed by atoms with van der Waals surface area (Å²) < 4.78 is 18.6. The Hall–Kier alpha value is -3.60. The van der Waals surface area contributed by atoms with Crippen LogP contribution < -0.4 is 15.2 Å². The lowest BCUT2D eigenvalue weighted by atomic mass is 10.1. The number of aromatic amines is 1. The molecule has 1 heterocycles. The highest BCUT2D eigenvalue weighted by Crippen LogP contribution is 2.23. The standard InChI is InChI=1S/C26H25FN2O2/c1-3-18-6-11-23(12-7-18)29(16-19-4-9-22(27)10-5-19)17-21-14-20-8-13-24(31-2)15-25(20)28-26(21)30/h4-15H,3,16-17H2,1-2H3,(H,28,30). The Labute approximate surface area is 180 Å². The summed E-state index contributed by atoms with van der Waals surface area (Å²) in [4.78, 5) is 17.9. The number of methoxy groups -OCH3 is 1. The molecule has 0 fully saturated rings. The minimum Gasteiger partial charge on any atom is -0.497 e. The number of pyridine rings is 1. The predicted octanol–water partition coefficient (Wildman–Crippen LogP) is 5.45. The summed E-state index contributed by atoms with van der Waals surface area (Å²) >= 11 is 0. The molecule has 0 spiro atoms. The summed E-state index contributed by atoms with van der Waals surface area (Å²) in [5.41, 5.74) is 4.52. The average molecular weight is 416 g/mol. The molecular formula is C26H25FN2O2. The number of hydrogen-bond donors (Lipinski definition) is 1. The zero-order chi connectivity index (χ0) is 21.8. The molecule has 0 atom stereocenters. The molecule has 0 bridgehead atoms. The van der Waals surface area contributed by atoms with Gasteiger partial charge in [0.05, 0.1) is 12.6 Å². The van der Waals surface area contributed by atoms with Crippen LogP contribution in [0, 0.1) is 5.82 Å². The number of halogens is 1. The molecule has 1 N–H and O–H groups in total. The van der Waals surface area contributed by atoms with Crippen LogP contribution in [0.1, 0.15) is 23.6 Å². The van der Waals surface area contributed by atoms with Crippen LogP contribution in [0.2, 0.25) is 0 Å². The SMILES string of the molecule is CCc1ccc(N(Cc2ccc(F)cc2)Cc2cc3ccc(OC)cc3[nH]c2=O)cc1. The Morgan fingerprint density at radius 2 is 1.61 bits per heavy atom. The van der Waals surface area contributed by atoms with Gasteiger partial charge in [-0.3, -0.25) is 4.79 Å². The van der Waals surface area contributed by atoms with Gasteiger partial charge in [-0.2, -0.15) is 0 Å². The van der Waals surface area contributed by atoms with Gasteiger partial charge < -0.3 is 14.6 Å². The van der Waals surface area contributed by atoms with Crippen LogP contribution in [0.3, 0.4) is 0 Å². The Morgan fingerprint density at radius 1 is 0.903 bits per heavy atom. The fraction of sp³-hybridized carbons (Fsp3) is 0.192. The fourth-order valence-corrected chi connectivity index (χ4v) is 3.67.